The van der Waals surface area contributed by atoms with Crippen molar-refractivity contribution >= 4 is 52.7 Å². The Bertz CT molecular complexity index is 1750. The highest BCUT2D eigenvalue weighted by atomic mass is 28.3. The first kappa shape index (κ1) is 23.1. The number of hydrogen-bond donors (Lipinski definition) is 0. The zero-order valence-electron chi connectivity index (χ0n) is 21.9. The van der Waals surface area contributed by atoms with Crippen LogP contribution in [0, 0.1) is 0 Å². The summed E-state index contributed by atoms with van der Waals surface area (Å²) in [6, 6.07) is 57.4. The van der Waals surface area contributed by atoms with E-state index in [2.05, 4.69) is 163 Å². The first-order chi connectivity index (χ1) is 19.9. The molecule has 0 fully saturated rings. The fraction of sp³-hybridized carbons (Fsp3) is 0. The highest BCUT2D eigenvalue weighted by molar-refractivity contribution is 7.19. The number of rotatable bonds is 4. The monoisotopic (exact) mass is 527 g/mol. The van der Waals surface area contributed by atoms with Crippen molar-refractivity contribution in [3.8, 4) is 16.9 Å². The third kappa shape index (κ3) is 3.30. The molecule has 4 heteroatoms. The summed E-state index contributed by atoms with van der Waals surface area (Å²) in [5.74, 6) is 0.939. The van der Waals surface area contributed by atoms with Gasteiger partial charge in [0.05, 0.1) is 5.69 Å². The molecule has 0 spiro atoms. The predicted octanol–water partition coefficient (Wildman–Crippen LogP) is 4.97. The molecule has 2 aliphatic rings. The molecule has 0 bridgehead atoms. The summed E-state index contributed by atoms with van der Waals surface area (Å²) in [6.45, 7) is 0. The maximum Gasteiger partial charge on any atom is 0.524 e. The molecule has 0 atom stereocenters. The molecular formula is C36H26BNOSi. The van der Waals surface area contributed by atoms with Crippen molar-refractivity contribution in [1.29, 1.82) is 0 Å². The largest absolute Gasteiger partial charge is 0.536 e. The molecule has 6 aromatic rings. The Balaban J connectivity index is 1.38. The van der Waals surface area contributed by atoms with Crippen molar-refractivity contribution < 1.29 is 4.65 Å². The second kappa shape index (κ2) is 9.15. The highest BCUT2D eigenvalue weighted by Crippen LogP contribution is 2.46. The van der Waals surface area contributed by atoms with E-state index in [4.69, 9.17) is 4.65 Å². The number of benzene rings is 6. The van der Waals surface area contributed by atoms with Gasteiger partial charge in [0.15, 0.2) is 8.07 Å². The van der Waals surface area contributed by atoms with E-state index in [-0.39, 0.29) is 7.05 Å². The van der Waals surface area contributed by atoms with Crippen molar-refractivity contribution in [1.82, 2.24) is 0 Å². The molecule has 0 aromatic heterocycles. The average Bonchev–Trinajstić information content (AvgIpc) is 3.43. The Morgan fingerprint density at radius 3 is 1.60 bits per heavy atom. The molecule has 2 heterocycles. The molecule has 6 aromatic carbocycles. The lowest BCUT2D eigenvalue weighted by molar-refractivity contribution is 0.604. The van der Waals surface area contributed by atoms with Crippen LogP contribution >= 0.6 is 0 Å². The van der Waals surface area contributed by atoms with Gasteiger partial charge < -0.3 is 9.47 Å². The van der Waals surface area contributed by atoms with Crippen LogP contribution in [-0.2, 0) is 0 Å². The Morgan fingerprint density at radius 1 is 0.450 bits per heavy atom. The van der Waals surface area contributed by atoms with Gasteiger partial charge in [-0.1, -0.05) is 140 Å². The minimum atomic E-state index is -2.63. The standard InChI is InChI=1S/C36H26BNOSi/c1-4-14-27(15-5-1)40(28-16-6-2-7-17-28,29-18-8-3-9-19-29)30-24-25-35-36(26-30)39-37-33-22-12-10-20-31(33)32-21-11-13-23-34(32)38(35)37/h1-26H. The Hall–Kier alpha value is -4.80. The lowest BCUT2D eigenvalue weighted by Crippen LogP contribution is -2.74. The number of nitrogens with zero attached hydrogens (tertiary/aromatic N) is 1. The van der Waals surface area contributed by atoms with Crippen LogP contribution < -0.4 is 35.7 Å². The van der Waals surface area contributed by atoms with Gasteiger partial charge in [-0.2, -0.15) is 0 Å². The third-order valence-electron chi connectivity index (χ3n) is 8.43. The lowest BCUT2D eigenvalue weighted by atomic mass is 9.65. The predicted molar refractivity (Wildman–Crippen MR) is 170 cm³/mol. The molecular weight excluding hydrogens is 501 g/mol. The fourth-order valence-corrected chi connectivity index (χ4v) is 11.5. The summed E-state index contributed by atoms with van der Waals surface area (Å²) in [5.41, 5.74) is 6.00. The number of anilines is 2. The Morgan fingerprint density at radius 2 is 0.975 bits per heavy atom. The lowest BCUT2D eigenvalue weighted by Gasteiger charge is -2.34. The number of hydrogen-bond acceptors (Lipinski definition) is 2. The summed E-state index contributed by atoms with van der Waals surface area (Å²) in [5, 5.41) is 5.40. The van der Waals surface area contributed by atoms with Gasteiger partial charge in [-0.25, -0.2) is 0 Å². The normalized spacial score (nSPS) is 13.1. The van der Waals surface area contributed by atoms with E-state index in [9.17, 15) is 0 Å². The molecule has 0 aliphatic carbocycles. The van der Waals surface area contributed by atoms with Crippen molar-refractivity contribution in [3.63, 3.8) is 0 Å². The molecule has 2 nitrogen and oxygen atoms in total. The summed E-state index contributed by atoms with van der Waals surface area (Å²) in [4.78, 5) is 2.37. The van der Waals surface area contributed by atoms with Crippen LogP contribution in [0.5, 0.6) is 5.75 Å². The smallest absolute Gasteiger partial charge is 0.524 e. The van der Waals surface area contributed by atoms with Crippen molar-refractivity contribution in [3.05, 3.63) is 158 Å². The van der Waals surface area contributed by atoms with E-state index in [1.54, 1.807) is 0 Å². The SMILES string of the molecule is c1ccc([Si](c2ccccc2)(c2ccccc2)c2ccc3c(c2)OB2c4ccccc4-c4ccccc4N23)cc1. The zero-order valence-corrected chi connectivity index (χ0v) is 22.9. The first-order valence-corrected chi connectivity index (χ1v) is 15.8. The van der Waals surface area contributed by atoms with E-state index in [1.165, 1.54) is 43.0 Å². The average molecular weight is 528 g/mol. The van der Waals surface area contributed by atoms with Crippen LogP contribution in [0.2, 0.25) is 0 Å². The number of para-hydroxylation sites is 1. The van der Waals surface area contributed by atoms with Crippen LogP contribution in [-0.4, -0.2) is 15.1 Å². The van der Waals surface area contributed by atoms with Gasteiger partial charge in [-0.3, -0.25) is 0 Å². The van der Waals surface area contributed by atoms with Gasteiger partial charge in [-0.05, 0) is 50.0 Å². The third-order valence-corrected chi connectivity index (χ3v) is 13.2. The molecule has 0 saturated heterocycles. The summed E-state index contributed by atoms with van der Waals surface area (Å²) >= 11 is 0. The van der Waals surface area contributed by atoms with Crippen LogP contribution in [0.15, 0.2) is 158 Å². The quantitative estimate of drug-likeness (QED) is 0.237. The second-order valence-electron chi connectivity index (χ2n) is 10.5. The van der Waals surface area contributed by atoms with Gasteiger partial charge in [-0.15, -0.1) is 0 Å². The van der Waals surface area contributed by atoms with Crippen LogP contribution in [0.3, 0.4) is 0 Å². The summed E-state index contributed by atoms with van der Waals surface area (Å²) in [7, 11) is -2.82. The molecule has 0 saturated carbocycles. The zero-order chi connectivity index (χ0) is 26.5. The summed E-state index contributed by atoms with van der Waals surface area (Å²) < 4.78 is 6.89. The van der Waals surface area contributed by atoms with Crippen LogP contribution in [0.1, 0.15) is 0 Å². The fourth-order valence-electron chi connectivity index (χ4n) is 6.73. The van der Waals surface area contributed by atoms with Gasteiger partial charge in [0.1, 0.15) is 5.75 Å². The van der Waals surface area contributed by atoms with E-state index < -0.39 is 8.07 Å². The van der Waals surface area contributed by atoms with E-state index in [0.29, 0.717) is 0 Å². The van der Waals surface area contributed by atoms with Gasteiger partial charge in [0.25, 0.3) is 0 Å². The maximum atomic E-state index is 6.89. The topological polar surface area (TPSA) is 12.5 Å². The van der Waals surface area contributed by atoms with Crippen molar-refractivity contribution in [2.45, 2.75) is 0 Å². The highest BCUT2D eigenvalue weighted by Gasteiger charge is 2.47. The summed E-state index contributed by atoms with van der Waals surface area (Å²) in [6.07, 6.45) is 0. The molecule has 8 rings (SSSR count). The minimum Gasteiger partial charge on any atom is -0.536 e. The molecule has 0 unspecified atom stereocenters. The molecule has 2 aliphatic heterocycles. The van der Waals surface area contributed by atoms with Crippen molar-refractivity contribution in [2.24, 2.45) is 0 Å². The molecule has 0 N–H and O–H groups in total. The molecule has 0 radical (unpaired) electrons. The van der Waals surface area contributed by atoms with Crippen LogP contribution in [0.4, 0.5) is 11.4 Å². The Kier molecular flexibility index (Phi) is 5.29. The Labute approximate surface area is 236 Å². The molecule has 40 heavy (non-hydrogen) atoms. The molecule has 188 valence electrons. The van der Waals surface area contributed by atoms with Gasteiger partial charge in [0.2, 0.25) is 0 Å². The minimum absolute atomic E-state index is 0.183. The van der Waals surface area contributed by atoms with Crippen LogP contribution in [0.25, 0.3) is 11.1 Å². The van der Waals surface area contributed by atoms with Gasteiger partial charge >= 0.3 is 7.05 Å². The number of fused-ring (bicyclic) bond motifs is 8. The van der Waals surface area contributed by atoms with E-state index >= 15 is 0 Å². The van der Waals surface area contributed by atoms with E-state index in [1.807, 2.05) is 0 Å². The maximum absolute atomic E-state index is 6.89. The van der Waals surface area contributed by atoms with E-state index in [0.717, 1.165) is 11.4 Å². The first-order valence-electron chi connectivity index (χ1n) is 13.8. The van der Waals surface area contributed by atoms with Gasteiger partial charge in [0, 0.05) is 11.3 Å². The second-order valence-corrected chi connectivity index (χ2v) is 14.3. The van der Waals surface area contributed by atoms with Crippen molar-refractivity contribution in [2.75, 3.05) is 4.81 Å². The molecule has 0 amide bonds.